The summed E-state index contributed by atoms with van der Waals surface area (Å²) in [5, 5.41) is 14.6. The molecule has 6 nitrogen and oxygen atoms in total. The van der Waals surface area contributed by atoms with Gasteiger partial charge in [-0.25, -0.2) is 9.59 Å². The van der Waals surface area contributed by atoms with Crippen LogP contribution in [0.25, 0.3) is 0 Å². The van der Waals surface area contributed by atoms with Crippen LogP contribution in [0.5, 0.6) is 0 Å². The molecule has 0 spiro atoms. The summed E-state index contributed by atoms with van der Waals surface area (Å²) < 4.78 is 0. The molecule has 2 amide bonds. The maximum atomic E-state index is 11.7. The van der Waals surface area contributed by atoms with E-state index in [2.05, 4.69) is 10.6 Å². The first-order valence-corrected chi connectivity index (χ1v) is 5.95. The van der Waals surface area contributed by atoms with Gasteiger partial charge in [-0.2, -0.15) is 0 Å². The normalized spacial score (nSPS) is 16.4. The fraction of sp³-hybridized carbons (Fsp3) is 0.818. The second-order valence-corrected chi connectivity index (χ2v) is 4.48. The highest BCUT2D eigenvalue weighted by atomic mass is 16.4. The Kier molecular flexibility index (Phi) is 5.21. The molecule has 0 radical (unpaired) electrons. The van der Waals surface area contributed by atoms with Crippen molar-refractivity contribution in [1.29, 1.82) is 0 Å². The van der Waals surface area contributed by atoms with E-state index >= 15 is 0 Å². The minimum absolute atomic E-state index is 0.113. The van der Waals surface area contributed by atoms with Gasteiger partial charge in [0, 0.05) is 13.6 Å². The van der Waals surface area contributed by atoms with E-state index < -0.39 is 12.0 Å². The minimum Gasteiger partial charge on any atom is -0.480 e. The number of carboxylic acids is 1. The summed E-state index contributed by atoms with van der Waals surface area (Å²) in [6, 6.07) is -1.03. The maximum Gasteiger partial charge on any atom is 0.326 e. The molecule has 3 N–H and O–H groups in total. The lowest BCUT2D eigenvalue weighted by atomic mass is 10.2. The molecule has 1 aliphatic carbocycles. The molecule has 0 aliphatic heterocycles. The summed E-state index contributed by atoms with van der Waals surface area (Å²) in [6.45, 7) is 1.45. The van der Waals surface area contributed by atoms with Crippen molar-refractivity contribution in [2.75, 3.05) is 27.2 Å². The van der Waals surface area contributed by atoms with Crippen LogP contribution in [0.1, 0.15) is 19.3 Å². The lowest BCUT2D eigenvalue weighted by molar-refractivity contribution is -0.139. The molecule has 0 heterocycles. The Balaban J connectivity index is 2.32. The van der Waals surface area contributed by atoms with Gasteiger partial charge in [-0.15, -0.1) is 0 Å². The van der Waals surface area contributed by atoms with Crippen molar-refractivity contribution in [2.45, 2.75) is 25.3 Å². The zero-order chi connectivity index (χ0) is 12.8. The molecule has 1 rings (SSSR count). The maximum absolute atomic E-state index is 11.7. The number of rotatable bonds is 7. The van der Waals surface area contributed by atoms with E-state index in [4.69, 9.17) is 5.11 Å². The van der Waals surface area contributed by atoms with Gasteiger partial charge in [-0.05, 0) is 38.8 Å². The largest absolute Gasteiger partial charge is 0.480 e. The molecule has 1 fully saturated rings. The SMILES string of the molecule is CNCCCN(C)C(=O)NC(C(=O)O)C1CC1. The number of urea groups is 1. The monoisotopic (exact) mass is 243 g/mol. The standard InChI is InChI=1S/C11H21N3O3/c1-12-6-3-7-14(2)11(17)13-9(10(15)16)8-4-5-8/h8-9,12H,3-7H2,1-2H3,(H,13,17)(H,15,16). The van der Waals surface area contributed by atoms with E-state index in [1.54, 1.807) is 7.05 Å². The highest BCUT2D eigenvalue weighted by Gasteiger charge is 2.37. The van der Waals surface area contributed by atoms with Crippen LogP contribution in [0.2, 0.25) is 0 Å². The molecule has 1 aliphatic rings. The van der Waals surface area contributed by atoms with Crippen LogP contribution in [0.15, 0.2) is 0 Å². The van der Waals surface area contributed by atoms with Gasteiger partial charge in [0.25, 0.3) is 0 Å². The number of amides is 2. The third-order valence-electron chi connectivity index (χ3n) is 2.91. The van der Waals surface area contributed by atoms with Gasteiger partial charge in [0.15, 0.2) is 0 Å². The quantitative estimate of drug-likeness (QED) is 0.554. The zero-order valence-corrected chi connectivity index (χ0v) is 10.4. The van der Waals surface area contributed by atoms with Gasteiger partial charge in [-0.1, -0.05) is 0 Å². The Hall–Kier alpha value is -1.30. The molecule has 0 aromatic carbocycles. The van der Waals surface area contributed by atoms with Crippen molar-refractivity contribution in [1.82, 2.24) is 15.5 Å². The Labute approximate surface area is 101 Å². The lowest BCUT2D eigenvalue weighted by Gasteiger charge is -2.21. The Bertz CT molecular complexity index is 279. The van der Waals surface area contributed by atoms with E-state index in [0.717, 1.165) is 25.8 Å². The number of carbonyl (C=O) groups excluding carboxylic acids is 1. The van der Waals surface area contributed by atoms with Crippen molar-refractivity contribution >= 4 is 12.0 Å². The number of hydrogen-bond acceptors (Lipinski definition) is 3. The van der Waals surface area contributed by atoms with Crippen LogP contribution in [-0.4, -0.2) is 55.2 Å². The smallest absolute Gasteiger partial charge is 0.326 e. The number of nitrogens with zero attached hydrogens (tertiary/aromatic N) is 1. The summed E-state index contributed by atoms with van der Waals surface area (Å²) in [4.78, 5) is 24.2. The summed E-state index contributed by atoms with van der Waals surface area (Å²) in [5.74, 6) is -0.827. The minimum atomic E-state index is -0.940. The van der Waals surface area contributed by atoms with Crippen molar-refractivity contribution in [3.8, 4) is 0 Å². The first-order chi connectivity index (χ1) is 8.06. The fourth-order valence-corrected chi connectivity index (χ4v) is 1.65. The van der Waals surface area contributed by atoms with Crippen LogP contribution in [0.3, 0.4) is 0 Å². The first kappa shape index (κ1) is 13.8. The third kappa shape index (κ3) is 4.60. The van der Waals surface area contributed by atoms with E-state index in [1.807, 2.05) is 7.05 Å². The molecule has 0 aromatic heterocycles. The van der Waals surface area contributed by atoms with Crippen LogP contribution in [-0.2, 0) is 4.79 Å². The van der Waals surface area contributed by atoms with Crippen LogP contribution in [0, 0.1) is 5.92 Å². The van der Waals surface area contributed by atoms with Gasteiger partial charge in [-0.3, -0.25) is 0 Å². The summed E-state index contributed by atoms with van der Waals surface area (Å²) in [6.07, 6.45) is 2.63. The fourth-order valence-electron chi connectivity index (χ4n) is 1.65. The van der Waals surface area contributed by atoms with Crippen molar-refractivity contribution < 1.29 is 14.7 Å². The molecule has 98 valence electrons. The highest BCUT2D eigenvalue weighted by Crippen LogP contribution is 2.32. The average molecular weight is 243 g/mol. The summed E-state index contributed by atoms with van der Waals surface area (Å²) in [5.41, 5.74) is 0. The molecule has 1 saturated carbocycles. The topological polar surface area (TPSA) is 81.7 Å². The number of carboxylic acid groups (broad SMARTS) is 1. The molecule has 0 bridgehead atoms. The molecule has 17 heavy (non-hydrogen) atoms. The predicted molar refractivity (Wildman–Crippen MR) is 63.9 cm³/mol. The number of aliphatic carboxylic acids is 1. The van der Waals surface area contributed by atoms with Gasteiger partial charge < -0.3 is 20.6 Å². The second-order valence-electron chi connectivity index (χ2n) is 4.48. The lowest BCUT2D eigenvalue weighted by Crippen LogP contribution is -2.48. The van der Waals surface area contributed by atoms with Gasteiger partial charge in [0.05, 0.1) is 0 Å². The van der Waals surface area contributed by atoms with Gasteiger partial charge >= 0.3 is 12.0 Å². The van der Waals surface area contributed by atoms with E-state index in [0.29, 0.717) is 6.54 Å². The Morgan fingerprint density at radius 2 is 2.12 bits per heavy atom. The number of hydrogen-bond donors (Lipinski definition) is 3. The first-order valence-electron chi connectivity index (χ1n) is 5.95. The van der Waals surface area contributed by atoms with Crippen molar-refractivity contribution in [3.05, 3.63) is 0 Å². The van der Waals surface area contributed by atoms with Crippen LogP contribution in [0.4, 0.5) is 4.79 Å². The van der Waals surface area contributed by atoms with Crippen LogP contribution < -0.4 is 10.6 Å². The number of carbonyl (C=O) groups is 2. The number of nitrogens with one attached hydrogen (secondary N) is 2. The van der Waals surface area contributed by atoms with Crippen molar-refractivity contribution in [2.24, 2.45) is 5.92 Å². The Morgan fingerprint density at radius 1 is 1.47 bits per heavy atom. The molecule has 6 heteroatoms. The van der Waals surface area contributed by atoms with E-state index in [9.17, 15) is 9.59 Å². The summed E-state index contributed by atoms with van der Waals surface area (Å²) >= 11 is 0. The highest BCUT2D eigenvalue weighted by molar-refractivity contribution is 5.83. The van der Waals surface area contributed by atoms with Gasteiger partial charge in [0.1, 0.15) is 6.04 Å². The van der Waals surface area contributed by atoms with E-state index in [-0.39, 0.29) is 11.9 Å². The molecule has 1 unspecified atom stereocenters. The zero-order valence-electron chi connectivity index (χ0n) is 10.4. The van der Waals surface area contributed by atoms with Crippen LogP contribution >= 0.6 is 0 Å². The third-order valence-corrected chi connectivity index (χ3v) is 2.91. The predicted octanol–water partition coefficient (Wildman–Crippen LogP) is 0.101. The van der Waals surface area contributed by atoms with Crippen molar-refractivity contribution in [3.63, 3.8) is 0 Å². The molecule has 1 atom stereocenters. The molecule has 0 saturated heterocycles. The second kappa shape index (κ2) is 6.44. The molecule has 0 aromatic rings. The molecular weight excluding hydrogens is 222 g/mol. The average Bonchev–Trinajstić information content (AvgIpc) is 3.09. The summed E-state index contributed by atoms with van der Waals surface area (Å²) in [7, 11) is 3.53. The van der Waals surface area contributed by atoms with Gasteiger partial charge in [0.2, 0.25) is 0 Å². The Morgan fingerprint density at radius 3 is 2.59 bits per heavy atom. The van der Waals surface area contributed by atoms with E-state index in [1.165, 1.54) is 4.90 Å². The molecular formula is C11H21N3O3.